The van der Waals surface area contributed by atoms with Crippen molar-refractivity contribution in [3.05, 3.63) is 28.5 Å². The molecule has 20 heavy (non-hydrogen) atoms. The van der Waals surface area contributed by atoms with Crippen molar-refractivity contribution >= 4 is 21.6 Å². The van der Waals surface area contributed by atoms with Crippen molar-refractivity contribution in [2.24, 2.45) is 17.3 Å². The van der Waals surface area contributed by atoms with Crippen LogP contribution < -0.4 is 5.32 Å². The van der Waals surface area contributed by atoms with Crippen LogP contribution in [0.25, 0.3) is 0 Å². The van der Waals surface area contributed by atoms with Crippen LogP contribution in [0.3, 0.4) is 0 Å². The number of hydrogen-bond donors (Lipinski definition) is 1. The monoisotopic (exact) mass is 341 g/mol. The van der Waals surface area contributed by atoms with E-state index in [-0.39, 0.29) is 5.82 Å². The van der Waals surface area contributed by atoms with E-state index in [9.17, 15) is 4.39 Å². The first-order chi connectivity index (χ1) is 9.36. The summed E-state index contributed by atoms with van der Waals surface area (Å²) in [6.45, 7) is 8.06. The lowest BCUT2D eigenvalue weighted by molar-refractivity contribution is 0.153. The summed E-state index contributed by atoms with van der Waals surface area (Å²) in [6, 6.07) is 5.12. The van der Waals surface area contributed by atoms with Crippen LogP contribution in [-0.4, -0.2) is 6.54 Å². The summed E-state index contributed by atoms with van der Waals surface area (Å²) >= 11 is 3.23. The average molecular weight is 342 g/mol. The van der Waals surface area contributed by atoms with Gasteiger partial charge in [-0.25, -0.2) is 4.39 Å². The van der Waals surface area contributed by atoms with Crippen LogP contribution in [0.1, 0.15) is 46.5 Å². The third kappa shape index (κ3) is 4.21. The molecule has 1 saturated carbocycles. The van der Waals surface area contributed by atoms with Gasteiger partial charge in [0.25, 0.3) is 0 Å². The molecule has 0 bridgehead atoms. The standard InChI is InChI=1S/C17H25BrFN/c1-17(2,3)13-6-4-12(5-7-13)11-20-14-8-9-16(19)15(18)10-14/h8-10,12-13,20H,4-7,11H2,1-3H3. The van der Waals surface area contributed by atoms with Gasteiger partial charge in [-0.1, -0.05) is 20.8 Å². The Bertz CT molecular complexity index is 445. The lowest BCUT2D eigenvalue weighted by Gasteiger charge is -2.37. The zero-order valence-corrected chi connectivity index (χ0v) is 14.3. The summed E-state index contributed by atoms with van der Waals surface area (Å²) in [6.07, 6.45) is 5.28. The van der Waals surface area contributed by atoms with Crippen molar-refractivity contribution < 1.29 is 4.39 Å². The molecule has 0 unspecified atom stereocenters. The Morgan fingerprint density at radius 2 is 1.85 bits per heavy atom. The molecule has 0 heterocycles. The van der Waals surface area contributed by atoms with Gasteiger partial charge in [-0.3, -0.25) is 0 Å². The molecule has 0 spiro atoms. The third-order valence-electron chi connectivity index (χ3n) is 4.59. The van der Waals surface area contributed by atoms with Crippen LogP contribution in [0, 0.1) is 23.1 Å². The molecule has 0 amide bonds. The molecule has 0 aliphatic heterocycles. The van der Waals surface area contributed by atoms with E-state index in [0.29, 0.717) is 9.89 Å². The molecular formula is C17H25BrFN. The number of halogens is 2. The maximum Gasteiger partial charge on any atom is 0.137 e. The topological polar surface area (TPSA) is 12.0 Å². The lowest BCUT2D eigenvalue weighted by Crippen LogP contribution is -2.28. The molecule has 0 atom stereocenters. The van der Waals surface area contributed by atoms with Gasteiger partial charge in [0.2, 0.25) is 0 Å². The highest BCUT2D eigenvalue weighted by Crippen LogP contribution is 2.39. The molecule has 1 aromatic carbocycles. The normalized spacial score (nSPS) is 23.6. The number of rotatable bonds is 3. The smallest absolute Gasteiger partial charge is 0.137 e. The van der Waals surface area contributed by atoms with Gasteiger partial charge in [-0.05, 0) is 77.1 Å². The van der Waals surface area contributed by atoms with Crippen molar-refractivity contribution in [2.45, 2.75) is 46.5 Å². The molecule has 2 rings (SSSR count). The number of anilines is 1. The average Bonchev–Trinajstić information content (AvgIpc) is 2.40. The zero-order chi connectivity index (χ0) is 14.8. The number of benzene rings is 1. The second kappa shape index (κ2) is 6.46. The van der Waals surface area contributed by atoms with Crippen molar-refractivity contribution in [1.29, 1.82) is 0 Å². The summed E-state index contributed by atoms with van der Waals surface area (Å²) in [4.78, 5) is 0. The fourth-order valence-corrected chi connectivity index (χ4v) is 3.48. The Labute approximate surface area is 130 Å². The van der Waals surface area contributed by atoms with Crippen LogP contribution in [0.2, 0.25) is 0 Å². The van der Waals surface area contributed by atoms with E-state index in [2.05, 4.69) is 42.0 Å². The summed E-state index contributed by atoms with van der Waals surface area (Å²) in [5.74, 6) is 1.40. The van der Waals surface area contributed by atoms with Gasteiger partial charge in [0.05, 0.1) is 4.47 Å². The molecule has 1 aromatic rings. The predicted molar refractivity (Wildman–Crippen MR) is 87.5 cm³/mol. The van der Waals surface area contributed by atoms with Gasteiger partial charge in [0, 0.05) is 12.2 Å². The Hall–Kier alpha value is -0.570. The lowest BCUT2D eigenvalue weighted by atomic mass is 9.70. The van der Waals surface area contributed by atoms with Crippen LogP contribution in [0.4, 0.5) is 10.1 Å². The van der Waals surface area contributed by atoms with Crippen LogP contribution in [0.15, 0.2) is 22.7 Å². The maximum atomic E-state index is 13.2. The van der Waals surface area contributed by atoms with E-state index >= 15 is 0 Å². The second-order valence-electron chi connectivity index (χ2n) is 7.09. The Kier molecular flexibility index (Phi) is 5.11. The van der Waals surface area contributed by atoms with Crippen LogP contribution in [0.5, 0.6) is 0 Å². The number of nitrogens with one attached hydrogen (secondary N) is 1. The fraction of sp³-hybridized carbons (Fsp3) is 0.647. The summed E-state index contributed by atoms with van der Waals surface area (Å²) < 4.78 is 13.7. The van der Waals surface area contributed by atoms with Gasteiger partial charge in [-0.15, -0.1) is 0 Å². The van der Waals surface area contributed by atoms with E-state index in [0.717, 1.165) is 24.1 Å². The molecule has 1 aliphatic rings. The van der Waals surface area contributed by atoms with E-state index in [1.54, 1.807) is 6.07 Å². The zero-order valence-electron chi connectivity index (χ0n) is 12.7. The first-order valence-corrected chi connectivity index (χ1v) is 8.34. The van der Waals surface area contributed by atoms with E-state index < -0.39 is 0 Å². The molecule has 112 valence electrons. The minimum Gasteiger partial charge on any atom is -0.385 e. The highest BCUT2D eigenvalue weighted by atomic mass is 79.9. The van der Waals surface area contributed by atoms with Crippen molar-refractivity contribution in [2.75, 3.05) is 11.9 Å². The molecule has 1 N–H and O–H groups in total. The minimum atomic E-state index is -0.207. The van der Waals surface area contributed by atoms with Crippen LogP contribution >= 0.6 is 15.9 Å². The third-order valence-corrected chi connectivity index (χ3v) is 5.19. The fourth-order valence-electron chi connectivity index (χ4n) is 3.10. The molecule has 1 fully saturated rings. The second-order valence-corrected chi connectivity index (χ2v) is 7.95. The Morgan fingerprint density at radius 3 is 2.40 bits per heavy atom. The quantitative estimate of drug-likeness (QED) is 0.726. The molecular weight excluding hydrogens is 317 g/mol. The molecule has 1 nitrogen and oxygen atoms in total. The number of hydrogen-bond acceptors (Lipinski definition) is 1. The van der Waals surface area contributed by atoms with Gasteiger partial charge in [-0.2, -0.15) is 0 Å². The SMILES string of the molecule is CC(C)(C)C1CCC(CNc2ccc(F)c(Br)c2)CC1. The van der Waals surface area contributed by atoms with Gasteiger partial charge in [0.1, 0.15) is 5.82 Å². The molecule has 0 aromatic heterocycles. The van der Waals surface area contributed by atoms with E-state index in [4.69, 9.17) is 0 Å². The molecule has 0 radical (unpaired) electrons. The highest BCUT2D eigenvalue weighted by Gasteiger charge is 2.29. The minimum absolute atomic E-state index is 0.207. The van der Waals surface area contributed by atoms with Gasteiger partial charge in [0.15, 0.2) is 0 Å². The molecule has 0 saturated heterocycles. The first kappa shape index (κ1) is 15.8. The highest BCUT2D eigenvalue weighted by molar-refractivity contribution is 9.10. The summed E-state index contributed by atoms with van der Waals surface area (Å²) in [7, 11) is 0. The van der Waals surface area contributed by atoms with E-state index in [1.807, 2.05) is 6.07 Å². The molecule has 1 aliphatic carbocycles. The Balaban J connectivity index is 1.80. The van der Waals surface area contributed by atoms with Gasteiger partial charge >= 0.3 is 0 Å². The van der Waals surface area contributed by atoms with Crippen molar-refractivity contribution in [1.82, 2.24) is 0 Å². The van der Waals surface area contributed by atoms with Gasteiger partial charge < -0.3 is 5.32 Å². The first-order valence-electron chi connectivity index (χ1n) is 7.55. The maximum absolute atomic E-state index is 13.2. The largest absolute Gasteiger partial charge is 0.385 e. The predicted octanol–water partition coefficient (Wildman–Crippen LogP) is 5.85. The summed E-state index contributed by atoms with van der Waals surface area (Å²) in [5, 5.41) is 3.44. The molecule has 3 heteroatoms. The van der Waals surface area contributed by atoms with Crippen molar-refractivity contribution in [3.8, 4) is 0 Å². The summed E-state index contributed by atoms with van der Waals surface area (Å²) in [5.41, 5.74) is 1.44. The van der Waals surface area contributed by atoms with Crippen LogP contribution in [-0.2, 0) is 0 Å². The Morgan fingerprint density at radius 1 is 1.20 bits per heavy atom. The van der Waals surface area contributed by atoms with E-state index in [1.165, 1.54) is 31.7 Å². The van der Waals surface area contributed by atoms with Crippen molar-refractivity contribution in [3.63, 3.8) is 0 Å².